The molecule has 3 nitrogen and oxygen atoms in total. The van der Waals surface area contributed by atoms with Gasteiger partial charge in [-0.15, -0.1) is 0 Å². The van der Waals surface area contributed by atoms with Gasteiger partial charge in [-0.05, 0) is 43.4 Å². The normalized spacial score (nSPS) is 28.6. The zero-order valence-corrected chi connectivity index (χ0v) is 13.8. The van der Waals surface area contributed by atoms with Gasteiger partial charge in [0.25, 0.3) is 0 Å². The van der Waals surface area contributed by atoms with Gasteiger partial charge in [0, 0.05) is 29.2 Å². The standard InChI is InChI=1S/C18H24ClNO2/c19-17-7-15(18-16(8-17)11-21-12-22-18)10-20-6-5-13-3-1-2-4-14(13)9-20/h7-8,13-14H,1-6,9-12H2. The Kier molecular flexibility index (Phi) is 4.29. The molecule has 4 heteroatoms. The van der Waals surface area contributed by atoms with Crippen LogP contribution in [0.15, 0.2) is 12.1 Å². The quantitative estimate of drug-likeness (QED) is 0.814. The second-order valence-corrected chi connectivity index (χ2v) is 7.43. The fourth-order valence-corrected chi connectivity index (χ4v) is 4.70. The third-order valence-corrected chi connectivity index (χ3v) is 5.74. The third kappa shape index (κ3) is 2.99. The molecule has 0 radical (unpaired) electrons. The van der Waals surface area contributed by atoms with Gasteiger partial charge in [0.15, 0.2) is 6.79 Å². The average molecular weight is 322 g/mol. The number of rotatable bonds is 2. The van der Waals surface area contributed by atoms with Crippen molar-refractivity contribution in [2.24, 2.45) is 11.8 Å². The predicted octanol–water partition coefficient (Wildman–Crippen LogP) is 4.22. The van der Waals surface area contributed by atoms with E-state index in [1.807, 2.05) is 6.07 Å². The van der Waals surface area contributed by atoms with Crippen molar-refractivity contribution in [1.29, 1.82) is 0 Å². The van der Waals surface area contributed by atoms with Gasteiger partial charge in [0.2, 0.25) is 0 Å². The van der Waals surface area contributed by atoms with Crippen LogP contribution in [0.1, 0.15) is 43.2 Å². The van der Waals surface area contributed by atoms with Crippen molar-refractivity contribution in [3.05, 3.63) is 28.3 Å². The van der Waals surface area contributed by atoms with Gasteiger partial charge in [-0.3, -0.25) is 4.90 Å². The maximum atomic E-state index is 6.28. The highest BCUT2D eigenvalue weighted by molar-refractivity contribution is 6.30. The van der Waals surface area contributed by atoms with Gasteiger partial charge in [0.05, 0.1) is 6.61 Å². The van der Waals surface area contributed by atoms with Gasteiger partial charge < -0.3 is 9.47 Å². The van der Waals surface area contributed by atoms with Crippen LogP contribution >= 0.6 is 11.6 Å². The minimum atomic E-state index is 0.354. The summed E-state index contributed by atoms with van der Waals surface area (Å²) in [4.78, 5) is 2.59. The Balaban J connectivity index is 1.50. The molecule has 1 aromatic carbocycles. The largest absolute Gasteiger partial charge is 0.467 e. The molecule has 0 aromatic heterocycles. The van der Waals surface area contributed by atoms with E-state index < -0.39 is 0 Å². The lowest BCUT2D eigenvalue weighted by molar-refractivity contribution is -0.0178. The summed E-state index contributed by atoms with van der Waals surface area (Å²) in [5.74, 6) is 2.88. The SMILES string of the molecule is Clc1cc2c(c(CN3CCC4CCCCC4C3)c1)OCOC2. The fourth-order valence-electron chi connectivity index (χ4n) is 4.43. The van der Waals surface area contributed by atoms with Crippen molar-refractivity contribution in [3.63, 3.8) is 0 Å². The first kappa shape index (κ1) is 14.8. The van der Waals surface area contributed by atoms with Crippen LogP contribution in [0.5, 0.6) is 5.75 Å². The van der Waals surface area contributed by atoms with Crippen molar-refractivity contribution >= 4 is 11.6 Å². The highest BCUT2D eigenvalue weighted by Crippen LogP contribution is 2.38. The maximum absolute atomic E-state index is 6.28. The van der Waals surface area contributed by atoms with Gasteiger partial charge in [-0.25, -0.2) is 0 Å². The molecule has 2 atom stereocenters. The van der Waals surface area contributed by atoms with Crippen molar-refractivity contribution in [1.82, 2.24) is 4.90 Å². The molecule has 2 fully saturated rings. The minimum Gasteiger partial charge on any atom is -0.467 e. The number of hydrogen-bond acceptors (Lipinski definition) is 3. The number of piperidine rings is 1. The van der Waals surface area contributed by atoms with E-state index in [2.05, 4.69) is 11.0 Å². The van der Waals surface area contributed by atoms with Crippen LogP contribution < -0.4 is 4.74 Å². The van der Waals surface area contributed by atoms with Crippen LogP contribution in [0.2, 0.25) is 5.02 Å². The second kappa shape index (κ2) is 6.38. The summed E-state index contributed by atoms with van der Waals surface area (Å²) in [6.45, 7) is 4.35. The highest BCUT2D eigenvalue weighted by atomic mass is 35.5. The lowest BCUT2D eigenvalue weighted by Crippen LogP contribution is -2.41. The molecule has 3 aliphatic rings. The molecule has 0 amide bonds. The van der Waals surface area contributed by atoms with Gasteiger partial charge in [-0.2, -0.15) is 0 Å². The van der Waals surface area contributed by atoms with E-state index in [1.54, 1.807) is 0 Å². The molecule has 4 rings (SSSR count). The van der Waals surface area contributed by atoms with Crippen molar-refractivity contribution in [3.8, 4) is 5.75 Å². The Bertz CT molecular complexity index is 548. The summed E-state index contributed by atoms with van der Waals surface area (Å²) < 4.78 is 11.1. The van der Waals surface area contributed by atoms with E-state index in [9.17, 15) is 0 Å². The van der Waals surface area contributed by atoms with Gasteiger partial charge >= 0.3 is 0 Å². The summed E-state index contributed by atoms with van der Waals surface area (Å²) in [5.41, 5.74) is 2.31. The zero-order valence-electron chi connectivity index (χ0n) is 13.0. The average Bonchev–Trinajstić information content (AvgIpc) is 2.54. The van der Waals surface area contributed by atoms with Crippen LogP contribution in [0.3, 0.4) is 0 Å². The first-order valence-corrected chi connectivity index (χ1v) is 8.91. The molecule has 120 valence electrons. The zero-order chi connectivity index (χ0) is 14.9. The van der Waals surface area contributed by atoms with E-state index >= 15 is 0 Å². The summed E-state index contributed by atoms with van der Waals surface area (Å²) in [7, 11) is 0. The smallest absolute Gasteiger partial charge is 0.189 e. The number of nitrogens with zero attached hydrogens (tertiary/aromatic N) is 1. The number of benzene rings is 1. The van der Waals surface area contributed by atoms with Crippen LogP contribution in [0, 0.1) is 11.8 Å². The summed E-state index contributed by atoms with van der Waals surface area (Å²) >= 11 is 6.28. The van der Waals surface area contributed by atoms with Crippen LogP contribution in [-0.4, -0.2) is 24.8 Å². The molecule has 22 heavy (non-hydrogen) atoms. The molecular weight excluding hydrogens is 298 g/mol. The molecular formula is C18H24ClNO2. The number of fused-ring (bicyclic) bond motifs is 2. The van der Waals surface area contributed by atoms with Crippen molar-refractivity contribution < 1.29 is 9.47 Å². The molecule has 1 saturated heterocycles. The molecule has 1 saturated carbocycles. The van der Waals surface area contributed by atoms with Crippen LogP contribution in [0.25, 0.3) is 0 Å². The predicted molar refractivity (Wildman–Crippen MR) is 87.1 cm³/mol. The van der Waals surface area contributed by atoms with E-state index in [0.29, 0.717) is 13.4 Å². The lowest BCUT2D eigenvalue weighted by atomic mass is 9.75. The highest BCUT2D eigenvalue weighted by Gasteiger charge is 2.31. The Hall–Kier alpha value is -0.770. The number of hydrogen-bond donors (Lipinski definition) is 0. The maximum Gasteiger partial charge on any atom is 0.189 e. The first-order valence-electron chi connectivity index (χ1n) is 8.54. The third-order valence-electron chi connectivity index (χ3n) is 5.52. The van der Waals surface area contributed by atoms with E-state index in [-0.39, 0.29) is 0 Å². The molecule has 1 aromatic rings. The number of halogens is 1. The molecule has 2 unspecified atom stereocenters. The van der Waals surface area contributed by atoms with Gasteiger partial charge in [0.1, 0.15) is 5.75 Å². The Labute approximate surface area is 137 Å². The molecule has 2 heterocycles. The minimum absolute atomic E-state index is 0.354. The monoisotopic (exact) mass is 321 g/mol. The second-order valence-electron chi connectivity index (χ2n) is 6.99. The summed E-state index contributed by atoms with van der Waals surface area (Å²) in [6.07, 6.45) is 7.08. The number of likely N-dealkylation sites (tertiary alicyclic amines) is 1. The van der Waals surface area contributed by atoms with Crippen LogP contribution in [-0.2, 0) is 17.9 Å². The molecule has 0 bridgehead atoms. The lowest BCUT2D eigenvalue weighted by Gasteiger charge is -2.41. The first-order chi connectivity index (χ1) is 10.8. The Morgan fingerprint density at radius 1 is 1.14 bits per heavy atom. The molecule has 0 spiro atoms. The topological polar surface area (TPSA) is 21.7 Å². The molecule has 2 aliphatic heterocycles. The van der Waals surface area contributed by atoms with Crippen molar-refractivity contribution in [2.75, 3.05) is 19.9 Å². The summed E-state index contributed by atoms with van der Waals surface area (Å²) in [6, 6.07) is 4.03. The number of ether oxygens (including phenoxy) is 2. The summed E-state index contributed by atoms with van der Waals surface area (Å²) in [5, 5.41) is 0.787. The van der Waals surface area contributed by atoms with E-state index in [0.717, 1.165) is 34.7 Å². The molecule has 0 N–H and O–H groups in total. The van der Waals surface area contributed by atoms with Gasteiger partial charge in [-0.1, -0.05) is 30.9 Å². The van der Waals surface area contributed by atoms with Crippen molar-refractivity contribution in [2.45, 2.75) is 45.3 Å². The van der Waals surface area contributed by atoms with E-state index in [1.165, 1.54) is 50.8 Å². The van der Waals surface area contributed by atoms with E-state index in [4.69, 9.17) is 21.1 Å². The fraction of sp³-hybridized carbons (Fsp3) is 0.667. The Morgan fingerprint density at radius 3 is 2.91 bits per heavy atom. The Morgan fingerprint density at radius 2 is 2.00 bits per heavy atom. The van der Waals surface area contributed by atoms with Crippen LogP contribution in [0.4, 0.5) is 0 Å². The molecule has 1 aliphatic carbocycles.